The molecule has 0 aliphatic heterocycles. The molecule has 0 unspecified atom stereocenters. The van der Waals surface area contributed by atoms with Crippen molar-refractivity contribution in [2.45, 2.75) is 31.1 Å². The molecule has 0 amide bonds. The van der Waals surface area contributed by atoms with Crippen LogP contribution in [-0.4, -0.2) is 34.5 Å². The number of hydrogen-bond acceptors (Lipinski definition) is 4. The summed E-state index contributed by atoms with van der Waals surface area (Å²) in [6.07, 6.45) is 7.31. The lowest BCUT2D eigenvalue weighted by Crippen LogP contribution is -2.35. The van der Waals surface area contributed by atoms with Gasteiger partial charge in [0.05, 0.1) is 5.25 Å². The summed E-state index contributed by atoms with van der Waals surface area (Å²) in [6.45, 7) is 0.824. The average molecular weight is 317 g/mol. The van der Waals surface area contributed by atoms with E-state index in [1.807, 2.05) is 30.3 Å². The van der Waals surface area contributed by atoms with Gasteiger partial charge in [0.25, 0.3) is 0 Å². The maximum absolute atomic E-state index is 12.6. The maximum Gasteiger partial charge on any atom is 0.217 e. The zero-order valence-corrected chi connectivity index (χ0v) is 13.1. The number of aromatic nitrogens is 2. The molecule has 1 saturated carbocycles. The molecule has 0 radical (unpaired) electrons. The van der Waals surface area contributed by atoms with Crippen LogP contribution in [0.2, 0.25) is 0 Å². The molecular weight excluding hydrogens is 298 g/mol. The van der Waals surface area contributed by atoms with Gasteiger partial charge in [-0.05, 0) is 36.6 Å². The van der Waals surface area contributed by atoms with E-state index in [-0.39, 0.29) is 5.25 Å². The first-order chi connectivity index (χ1) is 10.7. The van der Waals surface area contributed by atoms with Crippen LogP contribution in [0.5, 0.6) is 0 Å². The van der Waals surface area contributed by atoms with E-state index in [1.54, 1.807) is 22.9 Å². The molecule has 2 aromatic heterocycles. The predicted octanol–water partition coefficient (Wildman–Crippen LogP) is 2.01. The smallest absolute Gasteiger partial charge is 0.217 e. The van der Waals surface area contributed by atoms with Crippen LogP contribution in [-0.2, 0) is 23.0 Å². The summed E-state index contributed by atoms with van der Waals surface area (Å²) >= 11 is 0. The molecule has 5 nitrogen and oxygen atoms in total. The highest BCUT2D eigenvalue weighted by molar-refractivity contribution is 7.90. The van der Waals surface area contributed by atoms with Crippen LogP contribution in [0.1, 0.15) is 24.1 Å². The molecule has 2 aromatic rings. The van der Waals surface area contributed by atoms with Crippen molar-refractivity contribution in [3.63, 3.8) is 0 Å². The quantitative estimate of drug-likeness (QED) is 0.784. The molecule has 0 aromatic carbocycles. The van der Waals surface area contributed by atoms with Crippen molar-refractivity contribution in [3.05, 3.63) is 60.2 Å². The van der Waals surface area contributed by atoms with Crippen LogP contribution >= 0.6 is 0 Å². The van der Waals surface area contributed by atoms with Gasteiger partial charge in [-0.15, -0.1) is 0 Å². The third-order valence-electron chi connectivity index (χ3n) is 3.73. The molecule has 0 atom stereocenters. The zero-order valence-electron chi connectivity index (χ0n) is 12.3. The molecular formula is C16H19N3O2S. The highest BCUT2D eigenvalue weighted by Gasteiger charge is 2.39. The molecule has 0 N–H and O–H groups in total. The van der Waals surface area contributed by atoms with Crippen molar-refractivity contribution in [3.8, 4) is 0 Å². The van der Waals surface area contributed by atoms with E-state index in [1.165, 1.54) is 0 Å². The predicted molar refractivity (Wildman–Crippen MR) is 84.5 cm³/mol. The molecule has 0 saturated heterocycles. The SMILES string of the molecule is O=S(=O)(C1CC1)N(CCc1ccccn1)Cc1cccnc1. The molecule has 6 heteroatoms. The van der Waals surface area contributed by atoms with Gasteiger partial charge in [0.15, 0.2) is 0 Å². The molecule has 22 heavy (non-hydrogen) atoms. The van der Waals surface area contributed by atoms with Crippen LogP contribution in [0.25, 0.3) is 0 Å². The fourth-order valence-electron chi connectivity index (χ4n) is 2.35. The average Bonchev–Trinajstić information content (AvgIpc) is 3.38. The van der Waals surface area contributed by atoms with E-state index in [0.717, 1.165) is 24.1 Å². The van der Waals surface area contributed by atoms with Gasteiger partial charge >= 0.3 is 0 Å². The topological polar surface area (TPSA) is 63.2 Å². The van der Waals surface area contributed by atoms with Crippen LogP contribution < -0.4 is 0 Å². The Labute approximate surface area is 131 Å². The van der Waals surface area contributed by atoms with Crippen molar-refractivity contribution in [2.75, 3.05) is 6.54 Å². The van der Waals surface area contributed by atoms with Crippen LogP contribution in [0.15, 0.2) is 48.9 Å². The van der Waals surface area contributed by atoms with Crippen molar-refractivity contribution >= 4 is 10.0 Å². The van der Waals surface area contributed by atoms with Crippen LogP contribution in [0.4, 0.5) is 0 Å². The van der Waals surface area contributed by atoms with Gasteiger partial charge in [-0.1, -0.05) is 12.1 Å². The number of sulfonamides is 1. The number of rotatable bonds is 7. The Balaban J connectivity index is 1.74. The Kier molecular flexibility index (Phi) is 4.49. The molecule has 2 heterocycles. The lowest BCUT2D eigenvalue weighted by atomic mass is 10.2. The number of nitrogens with zero attached hydrogens (tertiary/aromatic N) is 3. The molecule has 0 spiro atoms. The van der Waals surface area contributed by atoms with E-state index in [2.05, 4.69) is 9.97 Å². The van der Waals surface area contributed by atoms with Crippen molar-refractivity contribution in [2.24, 2.45) is 0 Å². The maximum atomic E-state index is 12.6. The molecule has 1 aliphatic carbocycles. The van der Waals surface area contributed by atoms with Gasteiger partial charge in [-0.2, -0.15) is 4.31 Å². The second-order valence-corrected chi connectivity index (χ2v) is 7.72. The van der Waals surface area contributed by atoms with Gasteiger partial charge < -0.3 is 0 Å². The number of hydrogen-bond donors (Lipinski definition) is 0. The summed E-state index contributed by atoms with van der Waals surface area (Å²) in [5.74, 6) is 0. The fourth-order valence-corrected chi connectivity index (χ4v) is 4.18. The Morgan fingerprint density at radius 1 is 1.14 bits per heavy atom. The minimum atomic E-state index is -3.22. The summed E-state index contributed by atoms with van der Waals surface area (Å²) in [5.41, 5.74) is 1.82. The van der Waals surface area contributed by atoms with Crippen LogP contribution in [0.3, 0.4) is 0 Å². The van der Waals surface area contributed by atoms with E-state index in [0.29, 0.717) is 19.5 Å². The highest BCUT2D eigenvalue weighted by atomic mass is 32.2. The minimum Gasteiger partial charge on any atom is -0.264 e. The molecule has 1 fully saturated rings. The third-order valence-corrected chi connectivity index (χ3v) is 6.08. The van der Waals surface area contributed by atoms with Gasteiger partial charge in [0.1, 0.15) is 0 Å². The second-order valence-electron chi connectivity index (χ2n) is 5.51. The van der Waals surface area contributed by atoms with Crippen LogP contribution in [0, 0.1) is 0 Å². The Hall–Kier alpha value is -1.79. The van der Waals surface area contributed by atoms with Crippen molar-refractivity contribution in [1.82, 2.24) is 14.3 Å². The minimum absolute atomic E-state index is 0.201. The Morgan fingerprint density at radius 2 is 2.00 bits per heavy atom. The molecule has 3 rings (SSSR count). The molecule has 0 bridgehead atoms. The Morgan fingerprint density at radius 3 is 2.64 bits per heavy atom. The van der Waals surface area contributed by atoms with Crippen molar-refractivity contribution < 1.29 is 8.42 Å². The lowest BCUT2D eigenvalue weighted by molar-refractivity contribution is 0.407. The van der Waals surface area contributed by atoms with Gasteiger partial charge in [0.2, 0.25) is 10.0 Å². The summed E-state index contributed by atoms with van der Waals surface area (Å²) < 4.78 is 26.8. The second kappa shape index (κ2) is 6.54. The first-order valence-corrected chi connectivity index (χ1v) is 8.94. The first kappa shape index (κ1) is 15.1. The van der Waals surface area contributed by atoms with Gasteiger partial charge in [0, 0.05) is 43.8 Å². The third kappa shape index (κ3) is 3.69. The highest BCUT2D eigenvalue weighted by Crippen LogP contribution is 2.31. The van der Waals surface area contributed by atoms with E-state index in [9.17, 15) is 8.42 Å². The van der Waals surface area contributed by atoms with E-state index < -0.39 is 10.0 Å². The molecule has 1 aliphatic rings. The molecule has 116 valence electrons. The van der Waals surface area contributed by atoms with Crippen molar-refractivity contribution in [1.29, 1.82) is 0 Å². The summed E-state index contributed by atoms with van der Waals surface area (Å²) in [6, 6.07) is 9.44. The summed E-state index contributed by atoms with van der Waals surface area (Å²) in [4.78, 5) is 8.33. The van der Waals surface area contributed by atoms with Gasteiger partial charge in [-0.3, -0.25) is 9.97 Å². The monoisotopic (exact) mass is 317 g/mol. The zero-order chi connectivity index (χ0) is 15.4. The van der Waals surface area contributed by atoms with E-state index >= 15 is 0 Å². The first-order valence-electron chi connectivity index (χ1n) is 7.44. The normalized spacial score (nSPS) is 15.1. The lowest BCUT2D eigenvalue weighted by Gasteiger charge is -2.22. The largest absolute Gasteiger partial charge is 0.264 e. The van der Waals surface area contributed by atoms with Gasteiger partial charge in [-0.25, -0.2) is 8.42 Å². The Bertz CT molecular complexity index is 701. The fraction of sp³-hybridized carbons (Fsp3) is 0.375. The standard InChI is InChI=1S/C16H19N3O2S/c20-22(21,16-6-7-16)19(13-14-4-3-9-17-12-14)11-8-15-5-1-2-10-18-15/h1-5,9-10,12,16H,6-8,11,13H2. The number of pyridine rings is 2. The summed E-state index contributed by atoms with van der Waals surface area (Å²) in [7, 11) is -3.22. The van der Waals surface area contributed by atoms with E-state index in [4.69, 9.17) is 0 Å². The summed E-state index contributed by atoms with van der Waals surface area (Å²) in [5, 5.41) is -0.201.